The summed E-state index contributed by atoms with van der Waals surface area (Å²) in [5.41, 5.74) is 6.86. The molecule has 2 N–H and O–H groups in total. The smallest absolute Gasteiger partial charge is 0.123 e. The molecule has 15 heavy (non-hydrogen) atoms. The maximum atomic E-state index is 13.0. The van der Waals surface area contributed by atoms with Gasteiger partial charge in [0.2, 0.25) is 0 Å². The fourth-order valence-corrected chi connectivity index (χ4v) is 2.25. The van der Waals surface area contributed by atoms with Gasteiger partial charge in [0.15, 0.2) is 0 Å². The van der Waals surface area contributed by atoms with Crippen molar-refractivity contribution in [2.45, 2.75) is 25.8 Å². The minimum Gasteiger partial charge on any atom is -0.327 e. The monoisotopic (exact) mass is 227 g/mol. The molecule has 3 atom stereocenters. The Morgan fingerprint density at radius 2 is 2.27 bits per heavy atom. The second-order valence-corrected chi connectivity index (χ2v) is 4.89. The maximum Gasteiger partial charge on any atom is 0.123 e. The largest absolute Gasteiger partial charge is 0.327 e. The lowest BCUT2D eigenvalue weighted by atomic mass is 10.0. The van der Waals surface area contributed by atoms with Crippen LogP contribution in [0.5, 0.6) is 0 Å². The van der Waals surface area contributed by atoms with Gasteiger partial charge in [-0.15, -0.1) is 0 Å². The van der Waals surface area contributed by atoms with Crippen molar-refractivity contribution in [2.24, 2.45) is 17.6 Å². The fraction of sp³-hybridized carbons (Fsp3) is 0.500. The Bertz CT molecular complexity index is 367. The zero-order valence-corrected chi connectivity index (χ0v) is 9.47. The third-order valence-electron chi connectivity index (χ3n) is 3.19. The molecule has 1 aromatic rings. The van der Waals surface area contributed by atoms with Crippen molar-refractivity contribution in [3.05, 3.63) is 34.6 Å². The molecule has 0 spiro atoms. The molecule has 1 aliphatic rings. The van der Waals surface area contributed by atoms with Crippen molar-refractivity contribution in [1.29, 1.82) is 0 Å². The Labute approximate surface area is 94.4 Å². The first kappa shape index (κ1) is 10.9. The van der Waals surface area contributed by atoms with E-state index in [1.165, 1.54) is 18.6 Å². The van der Waals surface area contributed by atoms with Crippen molar-refractivity contribution in [1.82, 2.24) is 0 Å². The standard InChI is InChI=1S/C12H15ClFN/c1-7-4-10(7)12(15)6-8-5-9(14)2-3-11(8)13/h2-3,5,7,10,12H,4,6,15H2,1H3. The van der Waals surface area contributed by atoms with E-state index in [0.29, 0.717) is 23.3 Å². The lowest BCUT2D eigenvalue weighted by molar-refractivity contribution is 0.556. The quantitative estimate of drug-likeness (QED) is 0.844. The normalized spacial score (nSPS) is 26.4. The first-order valence-corrected chi connectivity index (χ1v) is 5.65. The highest BCUT2D eigenvalue weighted by atomic mass is 35.5. The summed E-state index contributed by atoms with van der Waals surface area (Å²) in [6, 6.07) is 4.56. The topological polar surface area (TPSA) is 26.0 Å². The number of hydrogen-bond acceptors (Lipinski definition) is 1. The Morgan fingerprint density at radius 1 is 1.60 bits per heavy atom. The molecule has 2 rings (SSSR count). The Morgan fingerprint density at radius 3 is 2.87 bits per heavy atom. The average molecular weight is 228 g/mol. The SMILES string of the molecule is CC1CC1C(N)Cc1cc(F)ccc1Cl. The van der Waals surface area contributed by atoms with E-state index in [2.05, 4.69) is 6.92 Å². The molecule has 0 heterocycles. The third kappa shape index (κ3) is 2.50. The van der Waals surface area contributed by atoms with Gasteiger partial charge in [-0.3, -0.25) is 0 Å². The number of benzene rings is 1. The number of nitrogens with two attached hydrogens (primary N) is 1. The number of rotatable bonds is 3. The molecule has 1 nitrogen and oxygen atoms in total. The lowest BCUT2D eigenvalue weighted by Gasteiger charge is -2.12. The van der Waals surface area contributed by atoms with Crippen LogP contribution in [0.4, 0.5) is 4.39 Å². The van der Waals surface area contributed by atoms with E-state index < -0.39 is 0 Å². The van der Waals surface area contributed by atoms with Crippen LogP contribution in [0, 0.1) is 17.7 Å². The summed E-state index contributed by atoms with van der Waals surface area (Å²) in [4.78, 5) is 0. The van der Waals surface area contributed by atoms with Crippen molar-refractivity contribution in [3.63, 3.8) is 0 Å². The highest BCUT2D eigenvalue weighted by Crippen LogP contribution is 2.41. The van der Waals surface area contributed by atoms with Gasteiger partial charge in [0.1, 0.15) is 5.82 Å². The summed E-state index contributed by atoms with van der Waals surface area (Å²) >= 11 is 5.98. The van der Waals surface area contributed by atoms with Crippen molar-refractivity contribution >= 4 is 11.6 Å². The molecule has 1 aromatic carbocycles. The molecular weight excluding hydrogens is 213 g/mol. The summed E-state index contributed by atoms with van der Waals surface area (Å²) in [7, 11) is 0. The molecule has 1 saturated carbocycles. The predicted octanol–water partition coefficient (Wildman–Crippen LogP) is 3.00. The molecular formula is C12H15ClFN. The highest BCUT2D eigenvalue weighted by molar-refractivity contribution is 6.31. The van der Waals surface area contributed by atoms with Crippen LogP contribution in [0.25, 0.3) is 0 Å². The van der Waals surface area contributed by atoms with Crippen LogP contribution < -0.4 is 5.73 Å². The molecule has 82 valence electrons. The number of hydrogen-bond donors (Lipinski definition) is 1. The summed E-state index contributed by atoms with van der Waals surface area (Å²) in [5.74, 6) is 1.06. The van der Waals surface area contributed by atoms with E-state index in [4.69, 9.17) is 17.3 Å². The van der Waals surface area contributed by atoms with Gasteiger partial charge in [0.05, 0.1) is 0 Å². The predicted molar refractivity (Wildman–Crippen MR) is 60.4 cm³/mol. The van der Waals surface area contributed by atoms with E-state index in [1.807, 2.05) is 0 Å². The van der Waals surface area contributed by atoms with Gasteiger partial charge in [-0.1, -0.05) is 18.5 Å². The summed E-state index contributed by atoms with van der Waals surface area (Å²) in [5, 5.41) is 0.611. The van der Waals surface area contributed by atoms with Gasteiger partial charge in [0, 0.05) is 11.1 Å². The van der Waals surface area contributed by atoms with Crippen molar-refractivity contribution in [2.75, 3.05) is 0 Å². The van der Waals surface area contributed by atoms with Gasteiger partial charge in [-0.2, -0.15) is 0 Å². The fourth-order valence-electron chi connectivity index (χ4n) is 2.05. The van der Waals surface area contributed by atoms with Gasteiger partial charge >= 0.3 is 0 Å². The van der Waals surface area contributed by atoms with Crippen LogP contribution in [0.15, 0.2) is 18.2 Å². The summed E-state index contributed by atoms with van der Waals surface area (Å²) in [6.07, 6.45) is 1.86. The van der Waals surface area contributed by atoms with E-state index in [9.17, 15) is 4.39 Å². The first-order chi connectivity index (χ1) is 7.08. The Hall–Kier alpha value is -0.600. The second-order valence-electron chi connectivity index (χ2n) is 4.48. The van der Waals surface area contributed by atoms with Crippen molar-refractivity contribution < 1.29 is 4.39 Å². The lowest BCUT2D eigenvalue weighted by Crippen LogP contribution is -2.26. The molecule has 0 amide bonds. The van der Waals surface area contributed by atoms with Gasteiger partial charge in [0.25, 0.3) is 0 Å². The van der Waals surface area contributed by atoms with Crippen LogP contribution in [-0.2, 0) is 6.42 Å². The van der Waals surface area contributed by atoms with Gasteiger partial charge < -0.3 is 5.73 Å². The zero-order valence-electron chi connectivity index (χ0n) is 8.71. The molecule has 0 aromatic heterocycles. The first-order valence-electron chi connectivity index (χ1n) is 5.27. The molecule has 0 radical (unpaired) electrons. The molecule has 1 fully saturated rings. The van der Waals surface area contributed by atoms with E-state index in [1.54, 1.807) is 6.07 Å². The highest BCUT2D eigenvalue weighted by Gasteiger charge is 2.37. The average Bonchev–Trinajstić information content (AvgIpc) is 2.89. The van der Waals surface area contributed by atoms with Crippen LogP contribution >= 0.6 is 11.6 Å². The molecule has 3 unspecified atom stereocenters. The Balaban J connectivity index is 2.06. The van der Waals surface area contributed by atoms with Gasteiger partial charge in [-0.05, 0) is 48.4 Å². The third-order valence-corrected chi connectivity index (χ3v) is 3.55. The Kier molecular flexibility index (Phi) is 2.98. The van der Waals surface area contributed by atoms with Crippen LogP contribution in [0.2, 0.25) is 5.02 Å². The van der Waals surface area contributed by atoms with E-state index in [-0.39, 0.29) is 11.9 Å². The summed E-state index contributed by atoms with van der Waals surface area (Å²) < 4.78 is 13.0. The minimum atomic E-state index is -0.245. The molecule has 3 heteroatoms. The summed E-state index contributed by atoms with van der Waals surface area (Å²) in [6.45, 7) is 2.19. The second kappa shape index (κ2) is 4.11. The molecule has 0 saturated heterocycles. The molecule has 1 aliphatic carbocycles. The van der Waals surface area contributed by atoms with E-state index >= 15 is 0 Å². The minimum absolute atomic E-state index is 0.110. The van der Waals surface area contributed by atoms with Gasteiger partial charge in [-0.25, -0.2) is 4.39 Å². The van der Waals surface area contributed by atoms with E-state index in [0.717, 1.165) is 5.56 Å². The molecule has 0 aliphatic heterocycles. The van der Waals surface area contributed by atoms with Crippen LogP contribution in [0.1, 0.15) is 18.9 Å². The van der Waals surface area contributed by atoms with Crippen LogP contribution in [-0.4, -0.2) is 6.04 Å². The maximum absolute atomic E-state index is 13.0. The number of halogens is 2. The van der Waals surface area contributed by atoms with Crippen LogP contribution in [0.3, 0.4) is 0 Å². The van der Waals surface area contributed by atoms with Crippen molar-refractivity contribution in [3.8, 4) is 0 Å². The zero-order chi connectivity index (χ0) is 11.0. The molecule has 0 bridgehead atoms.